The molecule has 1 aromatic rings. The second-order valence-electron chi connectivity index (χ2n) is 4.74. The summed E-state index contributed by atoms with van der Waals surface area (Å²) in [5.41, 5.74) is 6.66. The smallest absolute Gasteiger partial charge is 0.0841 e. The molecule has 0 spiro atoms. The fraction of sp³-hybridized carbons (Fsp3) is 0.538. The zero-order valence-corrected chi connectivity index (χ0v) is 13.3. The largest absolute Gasteiger partial charge is 0.388 e. The minimum atomic E-state index is -0.509. The first kappa shape index (κ1) is 15.2. The van der Waals surface area contributed by atoms with Gasteiger partial charge in [0, 0.05) is 14.9 Å². The summed E-state index contributed by atoms with van der Waals surface area (Å²) in [6, 6.07) is 5.82. The number of aliphatic hydroxyl groups excluding tert-OH is 1. The predicted molar refractivity (Wildman–Crippen MR) is 78.8 cm³/mol. The summed E-state index contributed by atoms with van der Waals surface area (Å²) < 4.78 is 1.91. The van der Waals surface area contributed by atoms with Crippen molar-refractivity contribution in [1.29, 1.82) is 0 Å². The van der Waals surface area contributed by atoms with Crippen molar-refractivity contribution in [1.82, 2.24) is 0 Å². The Morgan fingerprint density at radius 1 is 1.29 bits per heavy atom. The SMILES string of the molecule is CC(C)CC(CN)C(O)c1ccc(Br)cc1Br. The first-order valence-corrected chi connectivity index (χ1v) is 7.37. The number of aliphatic hydroxyl groups is 1. The molecule has 0 aliphatic heterocycles. The van der Waals surface area contributed by atoms with Crippen LogP contribution in [0.25, 0.3) is 0 Å². The Kier molecular flexibility index (Phi) is 6.13. The van der Waals surface area contributed by atoms with Gasteiger partial charge in [0.1, 0.15) is 0 Å². The van der Waals surface area contributed by atoms with Gasteiger partial charge in [-0.2, -0.15) is 0 Å². The molecule has 1 rings (SSSR count). The van der Waals surface area contributed by atoms with E-state index in [1.54, 1.807) is 0 Å². The van der Waals surface area contributed by atoms with Crippen LogP contribution in [0.5, 0.6) is 0 Å². The highest BCUT2D eigenvalue weighted by atomic mass is 79.9. The van der Waals surface area contributed by atoms with Gasteiger partial charge in [-0.1, -0.05) is 51.8 Å². The van der Waals surface area contributed by atoms with E-state index in [-0.39, 0.29) is 5.92 Å². The molecule has 0 bridgehead atoms. The predicted octanol–water partition coefficient (Wildman–Crippen LogP) is 3.87. The van der Waals surface area contributed by atoms with Crippen LogP contribution in [0, 0.1) is 11.8 Å². The van der Waals surface area contributed by atoms with Gasteiger partial charge in [0.05, 0.1) is 6.10 Å². The maximum atomic E-state index is 10.4. The van der Waals surface area contributed by atoms with Crippen LogP contribution in [0.2, 0.25) is 0 Å². The van der Waals surface area contributed by atoms with Crippen LogP contribution >= 0.6 is 31.9 Å². The number of benzene rings is 1. The van der Waals surface area contributed by atoms with E-state index in [2.05, 4.69) is 45.7 Å². The molecule has 4 heteroatoms. The molecule has 0 saturated heterocycles. The number of hydrogen-bond donors (Lipinski definition) is 2. The lowest BCUT2D eigenvalue weighted by atomic mass is 9.88. The van der Waals surface area contributed by atoms with E-state index in [9.17, 15) is 5.11 Å². The van der Waals surface area contributed by atoms with Gasteiger partial charge in [0.15, 0.2) is 0 Å². The summed E-state index contributed by atoms with van der Waals surface area (Å²) in [6.07, 6.45) is 0.421. The Morgan fingerprint density at radius 3 is 2.41 bits per heavy atom. The van der Waals surface area contributed by atoms with Crippen LogP contribution < -0.4 is 5.73 Å². The quantitative estimate of drug-likeness (QED) is 0.833. The summed E-state index contributed by atoms with van der Waals surface area (Å²) >= 11 is 6.88. The normalized spacial score (nSPS) is 15.0. The average molecular weight is 365 g/mol. The van der Waals surface area contributed by atoms with Gasteiger partial charge in [-0.05, 0) is 36.6 Å². The van der Waals surface area contributed by atoms with Crippen LogP contribution in [0.3, 0.4) is 0 Å². The second-order valence-corrected chi connectivity index (χ2v) is 6.51. The Bertz CT molecular complexity index is 368. The van der Waals surface area contributed by atoms with Crippen molar-refractivity contribution in [2.45, 2.75) is 26.4 Å². The van der Waals surface area contributed by atoms with Crippen LogP contribution in [0.4, 0.5) is 0 Å². The van der Waals surface area contributed by atoms with Gasteiger partial charge in [-0.3, -0.25) is 0 Å². The molecule has 0 saturated carbocycles. The molecule has 0 heterocycles. The maximum Gasteiger partial charge on any atom is 0.0841 e. The highest BCUT2D eigenvalue weighted by Gasteiger charge is 2.22. The zero-order chi connectivity index (χ0) is 13.0. The van der Waals surface area contributed by atoms with Crippen LogP contribution in [0.15, 0.2) is 27.1 Å². The van der Waals surface area contributed by atoms with Gasteiger partial charge < -0.3 is 10.8 Å². The molecule has 17 heavy (non-hydrogen) atoms. The molecule has 0 aromatic heterocycles. The van der Waals surface area contributed by atoms with Gasteiger partial charge >= 0.3 is 0 Å². The van der Waals surface area contributed by atoms with Gasteiger partial charge in [0.2, 0.25) is 0 Å². The molecular weight excluding hydrogens is 346 g/mol. The highest BCUT2D eigenvalue weighted by Crippen LogP contribution is 2.33. The lowest BCUT2D eigenvalue weighted by molar-refractivity contribution is 0.0988. The fourth-order valence-corrected chi connectivity index (χ4v) is 3.24. The molecular formula is C13H19Br2NO. The van der Waals surface area contributed by atoms with Crippen molar-refractivity contribution < 1.29 is 5.11 Å². The van der Waals surface area contributed by atoms with Crippen LogP contribution in [-0.4, -0.2) is 11.7 Å². The average Bonchev–Trinajstić information content (AvgIpc) is 2.24. The van der Waals surface area contributed by atoms with Crippen molar-refractivity contribution in [3.05, 3.63) is 32.7 Å². The third-order valence-electron chi connectivity index (χ3n) is 2.80. The molecule has 3 N–H and O–H groups in total. The first-order valence-electron chi connectivity index (χ1n) is 5.78. The van der Waals surface area contributed by atoms with E-state index in [4.69, 9.17) is 5.73 Å². The van der Waals surface area contributed by atoms with E-state index in [0.717, 1.165) is 20.9 Å². The highest BCUT2D eigenvalue weighted by molar-refractivity contribution is 9.11. The maximum absolute atomic E-state index is 10.4. The van der Waals surface area contributed by atoms with E-state index in [1.165, 1.54) is 0 Å². The molecule has 0 amide bonds. The summed E-state index contributed by atoms with van der Waals surface area (Å²) in [5, 5.41) is 10.4. The molecule has 2 atom stereocenters. The molecule has 0 fully saturated rings. The van der Waals surface area contributed by atoms with E-state index in [0.29, 0.717) is 12.5 Å². The Morgan fingerprint density at radius 2 is 1.94 bits per heavy atom. The summed E-state index contributed by atoms with van der Waals surface area (Å²) in [7, 11) is 0. The van der Waals surface area contributed by atoms with Crippen molar-refractivity contribution in [3.8, 4) is 0 Å². The minimum Gasteiger partial charge on any atom is -0.388 e. The van der Waals surface area contributed by atoms with Gasteiger partial charge in [0.25, 0.3) is 0 Å². The van der Waals surface area contributed by atoms with Crippen molar-refractivity contribution in [3.63, 3.8) is 0 Å². The molecule has 2 unspecified atom stereocenters. The summed E-state index contributed by atoms with van der Waals surface area (Å²) in [5.74, 6) is 0.639. The first-order chi connectivity index (χ1) is 7.95. The number of nitrogens with two attached hydrogens (primary N) is 1. The standard InChI is InChI=1S/C13H19Br2NO/c1-8(2)5-9(7-16)13(17)11-4-3-10(14)6-12(11)15/h3-4,6,8-9,13,17H,5,7,16H2,1-2H3. The summed E-state index contributed by atoms with van der Waals surface area (Å²) in [6.45, 7) is 4.79. The molecule has 1 aromatic carbocycles. The molecule has 96 valence electrons. The second kappa shape index (κ2) is 6.88. The Hall–Kier alpha value is 0.1000. The van der Waals surface area contributed by atoms with Gasteiger partial charge in [-0.15, -0.1) is 0 Å². The van der Waals surface area contributed by atoms with E-state index in [1.807, 2.05) is 18.2 Å². The molecule has 0 aliphatic rings. The van der Waals surface area contributed by atoms with Crippen molar-refractivity contribution in [2.75, 3.05) is 6.54 Å². The molecule has 0 aliphatic carbocycles. The van der Waals surface area contributed by atoms with Crippen LogP contribution in [-0.2, 0) is 0 Å². The zero-order valence-electron chi connectivity index (χ0n) is 10.2. The van der Waals surface area contributed by atoms with E-state index < -0.39 is 6.10 Å². The lowest BCUT2D eigenvalue weighted by Crippen LogP contribution is -2.23. The summed E-state index contributed by atoms with van der Waals surface area (Å²) in [4.78, 5) is 0. The molecule has 0 radical (unpaired) electrons. The lowest BCUT2D eigenvalue weighted by Gasteiger charge is -2.24. The van der Waals surface area contributed by atoms with E-state index >= 15 is 0 Å². The molecule has 2 nitrogen and oxygen atoms in total. The third kappa shape index (κ3) is 4.36. The third-order valence-corrected chi connectivity index (χ3v) is 3.98. The number of hydrogen-bond acceptors (Lipinski definition) is 2. The van der Waals surface area contributed by atoms with Gasteiger partial charge in [-0.25, -0.2) is 0 Å². The fourth-order valence-electron chi connectivity index (χ4n) is 1.95. The van der Waals surface area contributed by atoms with Crippen LogP contribution in [0.1, 0.15) is 31.9 Å². The topological polar surface area (TPSA) is 46.2 Å². The number of halogens is 2. The minimum absolute atomic E-state index is 0.104. The van der Waals surface area contributed by atoms with Crippen molar-refractivity contribution in [2.24, 2.45) is 17.6 Å². The number of rotatable bonds is 5. The monoisotopic (exact) mass is 363 g/mol. The Balaban J connectivity index is 2.89. The van der Waals surface area contributed by atoms with Crippen molar-refractivity contribution >= 4 is 31.9 Å². The Labute approximate surface area is 120 Å².